The van der Waals surface area contributed by atoms with E-state index in [1.807, 2.05) is 0 Å². The Morgan fingerprint density at radius 3 is 1.62 bits per heavy atom. The molecule has 0 fully saturated rings. The van der Waals surface area contributed by atoms with Crippen LogP contribution in [0.1, 0.15) is 46.0 Å². The summed E-state index contributed by atoms with van der Waals surface area (Å²) in [6.45, 7) is 3.07. The van der Waals surface area contributed by atoms with Gasteiger partial charge in [0.25, 0.3) is 0 Å². The fourth-order valence-electron chi connectivity index (χ4n) is 2.72. The molecular weight excluding hydrogens is 456 g/mol. The van der Waals surface area contributed by atoms with E-state index in [9.17, 15) is 38.7 Å². The lowest BCUT2D eigenvalue weighted by Crippen LogP contribution is -2.58. The van der Waals surface area contributed by atoms with Gasteiger partial charge in [-0.1, -0.05) is 13.8 Å². The Labute approximate surface area is 195 Å². The normalized spacial score (nSPS) is 14.2. The summed E-state index contributed by atoms with van der Waals surface area (Å²) in [6, 6.07) is -5.61. The van der Waals surface area contributed by atoms with Crippen molar-refractivity contribution in [3.8, 4) is 0 Å². The summed E-state index contributed by atoms with van der Waals surface area (Å²) in [7, 11) is 0. The van der Waals surface area contributed by atoms with Crippen molar-refractivity contribution >= 4 is 41.5 Å². The molecule has 0 aliphatic heterocycles. The smallest absolute Gasteiger partial charge is 0.326 e. The van der Waals surface area contributed by atoms with Crippen molar-refractivity contribution in [1.29, 1.82) is 0 Å². The van der Waals surface area contributed by atoms with E-state index in [-0.39, 0.29) is 12.8 Å². The van der Waals surface area contributed by atoms with Gasteiger partial charge in [-0.2, -0.15) is 0 Å². The maximum absolute atomic E-state index is 12.8. The first-order chi connectivity index (χ1) is 15.6. The van der Waals surface area contributed by atoms with Gasteiger partial charge in [0.1, 0.15) is 18.1 Å². The summed E-state index contributed by atoms with van der Waals surface area (Å²) in [6.07, 6.45) is -2.10. The maximum Gasteiger partial charge on any atom is 0.326 e. The first-order valence-electron chi connectivity index (χ1n) is 10.3. The summed E-state index contributed by atoms with van der Waals surface area (Å²) < 4.78 is 0. The van der Waals surface area contributed by atoms with Crippen LogP contribution in [0.4, 0.5) is 0 Å². The molecule has 4 atom stereocenters. The minimum absolute atomic E-state index is 0.298. The van der Waals surface area contributed by atoms with E-state index in [4.69, 9.17) is 22.3 Å². The predicted octanol–water partition coefficient (Wildman–Crippen LogP) is -3.49. The van der Waals surface area contributed by atoms with Crippen LogP contribution in [0.5, 0.6) is 0 Å². The van der Waals surface area contributed by atoms with Crippen molar-refractivity contribution in [3.05, 3.63) is 0 Å². The lowest BCUT2D eigenvalue weighted by Gasteiger charge is -2.25. The summed E-state index contributed by atoms with van der Waals surface area (Å²) in [5.41, 5.74) is 15.6. The van der Waals surface area contributed by atoms with Gasteiger partial charge in [0, 0.05) is 12.8 Å². The fourth-order valence-corrected chi connectivity index (χ4v) is 2.72. The minimum atomic E-state index is -1.48. The Bertz CT molecular complexity index is 801. The quantitative estimate of drug-likeness (QED) is 0.106. The fraction of sp³-hybridized carbons (Fsp3) is 0.632. The topological polar surface area (TPSA) is 274 Å². The van der Waals surface area contributed by atoms with Crippen molar-refractivity contribution in [2.45, 2.75) is 70.1 Å². The number of hydrogen-bond donors (Lipinski definition) is 8. The Morgan fingerprint density at radius 1 is 0.735 bits per heavy atom. The Balaban J connectivity index is 5.64. The van der Waals surface area contributed by atoms with E-state index in [1.165, 1.54) is 13.8 Å². The van der Waals surface area contributed by atoms with Crippen molar-refractivity contribution < 1.29 is 43.8 Å². The van der Waals surface area contributed by atoms with Crippen LogP contribution >= 0.6 is 0 Å². The van der Waals surface area contributed by atoms with E-state index >= 15 is 0 Å². The predicted molar refractivity (Wildman–Crippen MR) is 115 cm³/mol. The molecule has 11 N–H and O–H groups in total. The number of carboxylic acid groups (broad SMARTS) is 2. The molecule has 0 aromatic carbocycles. The minimum Gasteiger partial charge on any atom is -0.481 e. The monoisotopic (exact) mass is 488 g/mol. The standard InChI is InChI=1S/C19H32N6O9/c1-8(2)15(19(33)34)25-18(32)11(4-6-14(28)29)24-17(31)10(3-5-12(21)26)23-16(30)9(20)7-13(22)27/h8-11,15H,3-7,20H2,1-2H3,(H2,21,26)(H2,22,27)(H,23,30)(H,24,31)(H,25,32)(H,28,29)(H,33,34). The number of amides is 5. The molecule has 0 aromatic rings. The molecule has 0 bridgehead atoms. The number of carbonyl (C=O) groups is 7. The van der Waals surface area contributed by atoms with Gasteiger partial charge in [-0.05, 0) is 18.8 Å². The summed E-state index contributed by atoms with van der Waals surface area (Å²) >= 11 is 0. The zero-order valence-electron chi connectivity index (χ0n) is 18.9. The molecule has 0 saturated carbocycles. The molecule has 34 heavy (non-hydrogen) atoms. The van der Waals surface area contributed by atoms with Crippen molar-refractivity contribution in [1.82, 2.24) is 16.0 Å². The van der Waals surface area contributed by atoms with Crippen molar-refractivity contribution in [2.24, 2.45) is 23.1 Å². The Kier molecular flexibility index (Phi) is 12.8. The lowest BCUT2D eigenvalue weighted by molar-refractivity contribution is -0.144. The largest absolute Gasteiger partial charge is 0.481 e. The van der Waals surface area contributed by atoms with Crippen LogP contribution in [-0.2, 0) is 33.6 Å². The average molecular weight is 488 g/mol. The van der Waals surface area contributed by atoms with Gasteiger partial charge in [0.15, 0.2) is 0 Å². The van der Waals surface area contributed by atoms with Gasteiger partial charge in [0.05, 0.1) is 12.5 Å². The molecule has 4 unspecified atom stereocenters. The van der Waals surface area contributed by atoms with Crippen LogP contribution in [0.3, 0.4) is 0 Å². The summed E-state index contributed by atoms with van der Waals surface area (Å²) in [4.78, 5) is 82.1. The van der Waals surface area contributed by atoms with E-state index in [0.717, 1.165) is 0 Å². The highest BCUT2D eigenvalue weighted by atomic mass is 16.4. The Morgan fingerprint density at radius 2 is 1.21 bits per heavy atom. The molecule has 5 amide bonds. The number of hydrogen-bond acceptors (Lipinski definition) is 8. The molecule has 0 aliphatic rings. The third-order valence-corrected chi connectivity index (χ3v) is 4.58. The second-order valence-electron chi connectivity index (χ2n) is 7.91. The van der Waals surface area contributed by atoms with Crippen LogP contribution in [0.15, 0.2) is 0 Å². The summed E-state index contributed by atoms with van der Waals surface area (Å²) in [5.74, 6) is -7.68. The van der Waals surface area contributed by atoms with Crippen molar-refractivity contribution in [2.75, 3.05) is 0 Å². The summed E-state index contributed by atoms with van der Waals surface area (Å²) in [5, 5.41) is 24.9. The molecule has 192 valence electrons. The molecule has 0 spiro atoms. The van der Waals surface area contributed by atoms with Gasteiger partial charge in [-0.15, -0.1) is 0 Å². The molecule has 0 rings (SSSR count). The first kappa shape index (κ1) is 30.2. The van der Waals surface area contributed by atoms with Crippen LogP contribution in [0.2, 0.25) is 0 Å². The average Bonchev–Trinajstić information content (AvgIpc) is 2.70. The number of nitrogens with one attached hydrogen (secondary N) is 3. The highest BCUT2D eigenvalue weighted by Gasteiger charge is 2.31. The number of primary amides is 2. The number of aliphatic carboxylic acids is 2. The SMILES string of the molecule is CC(C)C(NC(=O)C(CCC(=O)O)NC(=O)C(CCC(N)=O)NC(=O)C(N)CC(N)=O)C(=O)O. The zero-order valence-corrected chi connectivity index (χ0v) is 18.9. The molecular formula is C19H32N6O9. The van der Waals surface area contributed by atoms with Gasteiger partial charge in [0.2, 0.25) is 29.5 Å². The van der Waals surface area contributed by atoms with Gasteiger partial charge >= 0.3 is 11.9 Å². The lowest BCUT2D eigenvalue weighted by atomic mass is 10.0. The first-order valence-corrected chi connectivity index (χ1v) is 10.3. The number of nitrogens with two attached hydrogens (primary N) is 3. The molecule has 0 aromatic heterocycles. The van der Waals surface area contributed by atoms with E-state index in [1.54, 1.807) is 0 Å². The van der Waals surface area contributed by atoms with E-state index in [2.05, 4.69) is 16.0 Å². The Hall–Kier alpha value is -3.75. The van der Waals surface area contributed by atoms with Gasteiger partial charge in [-0.3, -0.25) is 28.8 Å². The molecule has 0 heterocycles. The molecule has 15 heteroatoms. The maximum atomic E-state index is 12.8. The highest BCUT2D eigenvalue weighted by molar-refractivity contribution is 5.95. The molecule has 0 aliphatic carbocycles. The van der Waals surface area contributed by atoms with E-state index in [0.29, 0.717) is 0 Å². The zero-order chi connectivity index (χ0) is 26.6. The second kappa shape index (κ2) is 14.4. The number of carboxylic acids is 2. The van der Waals surface area contributed by atoms with Gasteiger partial charge < -0.3 is 43.4 Å². The molecule has 15 nitrogen and oxygen atoms in total. The number of rotatable bonds is 16. The van der Waals surface area contributed by atoms with Crippen LogP contribution in [0.25, 0.3) is 0 Å². The van der Waals surface area contributed by atoms with E-state index < -0.39 is 90.8 Å². The highest BCUT2D eigenvalue weighted by Crippen LogP contribution is 2.07. The molecule has 0 saturated heterocycles. The third kappa shape index (κ3) is 11.8. The van der Waals surface area contributed by atoms with Crippen LogP contribution in [-0.4, -0.2) is 75.9 Å². The van der Waals surface area contributed by atoms with Crippen LogP contribution in [0, 0.1) is 5.92 Å². The van der Waals surface area contributed by atoms with Crippen LogP contribution < -0.4 is 33.2 Å². The molecule has 0 radical (unpaired) electrons. The van der Waals surface area contributed by atoms with Gasteiger partial charge in [-0.25, -0.2) is 4.79 Å². The third-order valence-electron chi connectivity index (χ3n) is 4.58. The number of carbonyl (C=O) groups excluding carboxylic acids is 5. The van der Waals surface area contributed by atoms with Crippen molar-refractivity contribution in [3.63, 3.8) is 0 Å². The second-order valence-corrected chi connectivity index (χ2v) is 7.91.